The minimum Gasteiger partial charge on any atom is -0.270 e. The van der Waals surface area contributed by atoms with Gasteiger partial charge in [0.1, 0.15) is 0 Å². The van der Waals surface area contributed by atoms with Gasteiger partial charge in [-0.3, -0.25) is 4.31 Å². The summed E-state index contributed by atoms with van der Waals surface area (Å²) >= 11 is 0. The van der Waals surface area contributed by atoms with Crippen LogP contribution in [-0.4, -0.2) is 20.2 Å². The van der Waals surface area contributed by atoms with Gasteiger partial charge in [-0.1, -0.05) is 48.5 Å². The molecule has 22 heavy (non-hydrogen) atoms. The summed E-state index contributed by atoms with van der Waals surface area (Å²) < 4.78 is 27.7. The fourth-order valence-electron chi connectivity index (χ4n) is 3.48. The number of rotatable bonds is 3. The van der Waals surface area contributed by atoms with Crippen molar-refractivity contribution in [2.24, 2.45) is 0 Å². The van der Waals surface area contributed by atoms with Gasteiger partial charge in [0.05, 0.1) is 10.9 Å². The van der Waals surface area contributed by atoms with E-state index < -0.39 is 10.0 Å². The molecule has 1 fully saturated rings. The molecule has 2 aliphatic rings. The Morgan fingerprint density at radius 1 is 0.955 bits per heavy atom. The quantitative estimate of drug-likeness (QED) is 0.871. The molecule has 0 amide bonds. The first kappa shape index (κ1) is 13.8. The Kier molecular flexibility index (Phi) is 3.22. The van der Waals surface area contributed by atoms with Crippen molar-refractivity contribution >= 4 is 15.7 Å². The van der Waals surface area contributed by atoms with Gasteiger partial charge >= 0.3 is 0 Å². The van der Waals surface area contributed by atoms with Crippen LogP contribution in [0.1, 0.15) is 29.9 Å². The predicted octanol–water partition coefficient (Wildman–Crippen LogP) is 3.33. The second kappa shape index (κ2) is 5.13. The zero-order valence-corrected chi connectivity index (χ0v) is 13.2. The Labute approximate surface area is 131 Å². The molecular weight excluding hydrogens is 294 g/mol. The first-order valence-corrected chi connectivity index (χ1v) is 9.32. The van der Waals surface area contributed by atoms with Gasteiger partial charge in [0.25, 0.3) is 0 Å². The summed E-state index contributed by atoms with van der Waals surface area (Å²) in [5, 5.41) is -0.263. The third-order valence-electron chi connectivity index (χ3n) is 4.72. The largest absolute Gasteiger partial charge is 0.270 e. The average molecular weight is 313 g/mol. The maximum atomic E-state index is 13.0. The molecule has 1 heterocycles. The Balaban J connectivity index is 1.64. The van der Waals surface area contributed by atoms with E-state index in [2.05, 4.69) is 0 Å². The van der Waals surface area contributed by atoms with E-state index in [1.807, 2.05) is 54.6 Å². The summed E-state index contributed by atoms with van der Waals surface area (Å²) in [5.74, 6) is 0.153. The molecule has 3 nitrogen and oxygen atoms in total. The van der Waals surface area contributed by atoms with Crippen LogP contribution in [0.4, 0.5) is 5.69 Å². The smallest absolute Gasteiger partial charge is 0.238 e. The number of aryl methyl sites for hydroxylation is 1. The Bertz CT molecular complexity index is 786. The molecule has 0 radical (unpaired) electrons. The van der Waals surface area contributed by atoms with Crippen molar-refractivity contribution < 1.29 is 8.42 Å². The third kappa shape index (κ3) is 2.22. The maximum absolute atomic E-state index is 13.0. The molecule has 2 aromatic rings. The Morgan fingerprint density at radius 3 is 2.50 bits per heavy atom. The van der Waals surface area contributed by atoms with Crippen molar-refractivity contribution in [3.05, 3.63) is 65.7 Å². The van der Waals surface area contributed by atoms with Gasteiger partial charge in [0.15, 0.2) is 0 Å². The van der Waals surface area contributed by atoms with Gasteiger partial charge in [0.2, 0.25) is 10.0 Å². The highest BCUT2D eigenvalue weighted by molar-refractivity contribution is 7.93. The minimum absolute atomic E-state index is 0.153. The van der Waals surface area contributed by atoms with Crippen molar-refractivity contribution in [1.82, 2.24) is 0 Å². The van der Waals surface area contributed by atoms with E-state index in [0.717, 1.165) is 36.1 Å². The molecule has 0 saturated heterocycles. The summed E-state index contributed by atoms with van der Waals surface area (Å²) in [6, 6.07) is 17.9. The van der Waals surface area contributed by atoms with Crippen molar-refractivity contribution in [3.63, 3.8) is 0 Å². The van der Waals surface area contributed by atoms with Crippen LogP contribution in [0.25, 0.3) is 0 Å². The molecule has 0 bridgehead atoms. The van der Waals surface area contributed by atoms with Gasteiger partial charge < -0.3 is 0 Å². The van der Waals surface area contributed by atoms with E-state index in [4.69, 9.17) is 0 Å². The van der Waals surface area contributed by atoms with Gasteiger partial charge in [-0.25, -0.2) is 8.42 Å². The standard InChI is InChI=1S/C18H19NO2S/c20-22(21,18-13-16(18)14-7-2-1-3-8-14)19-12-6-10-15-9-4-5-11-17(15)19/h1-5,7-9,11,16,18H,6,10,12-13H2. The first-order chi connectivity index (χ1) is 10.7. The Morgan fingerprint density at radius 2 is 1.68 bits per heavy atom. The van der Waals surface area contributed by atoms with Crippen LogP contribution >= 0.6 is 0 Å². The maximum Gasteiger partial charge on any atom is 0.238 e. The molecule has 1 aliphatic carbocycles. The van der Waals surface area contributed by atoms with Crippen LogP contribution in [0, 0.1) is 0 Å². The monoisotopic (exact) mass is 313 g/mol. The highest BCUT2D eigenvalue weighted by Gasteiger charge is 2.51. The van der Waals surface area contributed by atoms with Gasteiger partial charge in [-0.05, 0) is 36.5 Å². The number of hydrogen-bond donors (Lipinski definition) is 0. The van der Waals surface area contributed by atoms with Crippen LogP contribution in [0.3, 0.4) is 0 Å². The van der Waals surface area contributed by atoms with Gasteiger partial charge in [-0.15, -0.1) is 0 Å². The molecule has 114 valence electrons. The van der Waals surface area contributed by atoms with Crippen LogP contribution < -0.4 is 4.31 Å². The summed E-state index contributed by atoms with van der Waals surface area (Å²) in [5.41, 5.74) is 3.17. The van der Waals surface area contributed by atoms with Gasteiger partial charge in [0, 0.05) is 12.5 Å². The van der Waals surface area contributed by atoms with Gasteiger partial charge in [-0.2, -0.15) is 0 Å². The Hall–Kier alpha value is -1.81. The van der Waals surface area contributed by atoms with Crippen molar-refractivity contribution in [1.29, 1.82) is 0 Å². The number of sulfonamides is 1. The van der Waals surface area contributed by atoms with E-state index in [1.165, 1.54) is 0 Å². The summed E-state index contributed by atoms with van der Waals surface area (Å²) in [6.45, 7) is 0.608. The molecule has 2 atom stereocenters. The van der Waals surface area contributed by atoms with E-state index in [1.54, 1.807) is 4.31 Å². The fourth-order valence-corrected chi connectivity index (χ4v) is 5.66. The van der Waals surface area contributed by atoms with E-state index in [9.17, 15) is 8.42 Å². The molecular formula is C18H19NO2S. The van der Waals surface area contributed by atoms with Crippen LogP contribution in [0.2, 0.25) is 0 Å². The number of fused-ring (bicyclic) bond motifs is 1. The predicted molar refractivity (Wildman–Crippen MR) is 88.6 cm³/mol. The second-order valence-electron chi connectivity index (χ2n) is 6.14. The zero-order chi connectivity index (χ0) is 15.2. The molecule has 2 aromatic carbocycles. The first-order valence-electron chi connectivity index (χ1n) is 7.82. The number of nitrogens with zero attached hydrogens (tertiary/aromatic N) is 1. The lowest BCUT2D eigenvalue weighted by Gasteiger charge is -2.30. The molecule has 0 aromatic heterocycles. The molecule has 0 spiro atoms. The normalized spacial score (nSPS) is 23.9. The van der Waals surface area contributed by atoms with Crippen molar-refractivity contribution in [2.45, 2.75) is 30.4 Å². The number of anilines is 1. The van der Waals surface area contributed by atoms with E-state index in [-0.39, 0.29) is 11.2 Å². The third-order valence-corrected chi connectivity index (χ3v) is 7.00. The lowest BCUT2D eigenvalue weighted by Crippen LogP contribution is -2.38. The molecule has 4 rings (SSSR count). The molecule has 4 heteroatoms. The number of benzene rings is 2. The molecule has 1 saturated carbocycles. The number of para-hydroxylation sites is 1. The van der Waals surface area contributed by atoms with E-state index >= 15 is 0 Å². The zero-order valence-electron chi connectivity index (χ0n) is 12.4. The second-order valence-corrected chi connectivity index (χ2v) is 8.22. The van der Waals surface area contributed by atoms with E-state index in [0.29, 0.717) is 6.54 Å². The summed E-state index contributed by atoms with van der Waals surface area (Å²) in [4.78, 5) is 0. The SMILES string of the molecule is O=S(=O)(C1CC1c1ccccc1)N1CCCc2ccccc21. The lowest BCUT2D eigenvalue weighted by molar-refractivity contribution is 0.584. The summed E-state index contributed by atoms with van der Waals surface area (Å²) in [7, 11) is -3.27. The highest BCUT2D eigenvalue weighted by atomic mass is 32.2. The van der Waals surface area contributed by atoms with Crippen molar-refractivity contribution in [2.75, 3.05) is 10.8 Å². The van der Waals surface area contributed by atoms with Crippen LogP contribution in [0.15, 0.2) is 54.6 Å². The summed E-state index contributed by atoms with van der Waals surface area (Å²) in [6.07, 6.45) is 2.61. The highest BCUT2D eigenvalue weighted by Crippen LogP contribution is 2.48. The fraction of sp³-hybridized carbons (Fsp3) is 0.333. The average Bonchev–Trinajstić information content (AvgIpc) is 3.36. The van der Waals surface area contributed by atoms with Crippen molar-refractivity contribution in [3.8, 4) is 0 Å². The topological polar surface area (TPSA) is 37.4 Å². The van der Waals surface area contributed by atoms with Crippen LogP contribution in [-0.2, 0) is 16.4 Å². The molecule has 1 aliphatic heterocycles. The molecule has 2 unspecified atom stereocenters. The lowest BCUT2D eigenvalue weighted by atomic mass is 10.0. The van der Waals surface area contributed by atoms with Crippen LogP contribution in [0.5, 0.6) is 0 Å². The minimum atomic E-state index is -3.27. The number of hydrogen-bond acceptors (Lipinski definition) is 2. The molecule has 0 N–H and O–H groups in total.